The van der Waals surface area contributed by atoms with Crippen LogP contribution in [0.1, 0.15) is 30.0 Å². The molecule has 1 aliphatic rings. The van der Waals surface area contributed by atoms with Gasteiger partial charge in [-0.05, 0) is 26.8 Å². The number of nitrogens with zero attached hydrogens (tertiary/aromatic N) is 1. The first kappa shape index (κ1) is 21.4. The quantitative estimate of drug-likeness (QED) is 0.589. The Morgan fingerprint density at radius 2 is 2.10 bits per heavy atom. The van der Waals surface area contributed by atoms with Crippen LogP contribution in [0, 0.1) is 6.92 Å². The van der Waals surface area contributed by atoms with Gasteiger partial charge in [0.2, 0.25) is 0 Å². The second kappa shape index (κ2) is 8.17. The van der Waals surface area contributed by atoms with Gasteiger partial charge in [0.1, 0.15) is 35.4 Å². The second-order valence-electron chi connectivity index (χ2n) is 7.16. The van der Waals surface area contributed by atoms with E-state index in [-0.39, 0.29) is 17.0 Å². The number of carboxylic acids is 1. The summed E-state index contributed by atoms with van der Waals surface area (Å²) >= 11 is 7.51. The van der Waals surface area contributed by atoms with Crippen LogP contribution in [0.5, 0.6) is 0 Å². The number of aromatic nitrogens is 1. The Hall–Kier alpha value is -2.36. The molecule has 2 aromatic rings. The van der Waals surface area contributed by atoms with Gasteiger partial charge in [-0.3, -0.25) is 14.9 Å². The first-order chi connectivity index (χ1) is 13.7. The van der Waals surface area contributed by atoms with Crippen LogP contribution >= 0.6 is 23.4 Å². The lowest BCUT2D eigenvalue weighted by atomic mass is 10.0. The van der Waals surface area contributed by atoms with Crippen molar-refractivity contribution >= 4 is 41.5 Å². The highest BCUT2D eigenvalue weighted by Crippen LogP contribution is 2.39. The molecule has 3 atom stereocenters. The summed E-state index contributed by atoms with van der Waals surface area (Å²) in [6, 6.07) is 5.09. The van der Waals surface area contributed by atoms with Crippen molar-refractivity contribution in [2.24, 2.45) is 0 Å². The number of halogens is 1. The molecule has 1 aromatic carbocycles. The summed E-state index contributed by atoms with van der Waals surface area (Å²) in [7, 11) is 0. The summed E-state index contributed by atoms with van der Waals surface area (Å²) in [5.41, 5.74) is 0.965. The molecular formula is C19H20ClN3O5S. The third kappa shape index (κ3) is 4.17. The number of carboxylic acid groups (broad SMARTS) is 1. The number of hydrogen-bond acceptors (Lipinski definition) is 7. The van der Waals surface area contributed by atoms with E-state index in [1.165, 1.54) is 11.8 Å². The largest absolute Gasteiger partial charge is 0.480 e. The van der Waals surface area contributed by atoms with Gasteiger partial charge < -0.3 is 19.7 Å². The van der Waals surface area contributed by atoms with Crippen LogP contribution in [0.2, 0.25) is 5.02 Å². The van der Waals surface area contributed by atoms with Gasteiger partial charge in [-0.25, -0.2) is 0 Å². The Morgan fingerprint density at radius 3 is 2.69 bits per heavy atom. The van der Waals surface area contributed by atoms with Crippen LogP contribution in [0.4, 0.5) is 0 Å². The first-order valence-electron chi connectivity index (χ1n) is 8.79. The predicted molar refractivity (Wildman–Crippen MR) is 109 cm³/mol. The van der Waals surface area contributed by atoms with Crippen molar-refractivity contribution in [1.82, 2.24) is 15.8 Å². The number of rotatable bonds is 6. The normalized spacial score (nSPS) is 21.5. The Balaban J connectivity index is 1.85. The fourth-order valence-corrected chi connectivity index (χ4v) is 4.89. The minimum atomic E-state index is -1.02. The molecule has 29 heavy (non-hydrogen) atoms. The molecule has 0 spiro atoms. The van der Waals surface area contributed by atoms with Crippen molar-refractivity contribution in [2.45, 2.75) is 43.0 Å². The van der Waals surface area contributed by atoms with E-state index in [0.29, 0.717) is 16.9 Å². The number of aldehydes is 1. The molecule has 1 saturated heterocycles. The average Bonchev–Trinajstić information content (AvgIpc) is 3.19. The van der Waals surface area contributed by atoms with Crippen LogP contribution in [0.25, 0.3) is 11.3 Å². The zero-order valence-corrected chi connectivity index (χ0v) is 17.5. The standard InChI is InChI=1S/C19H20ClN3O5S/c1-9-13(14(23-28-9)10-6-4-5-7-11(10)20)16(25)21-12(8-24)17-22-15(18(26)27)19(2,3)29-17/h4-8,12,15,17,22H,1-3H3,(H,21,25)(H,26,27)/t12-,15-,17+/m0/s1. The van der Waals surface area contributed by atoms with Crippen LogP contribution in [0.15, 0.2) is 28.8 Å². The molecular weight excluding hydrogens is 418 g/mol. The maximum Gasteiger partial charge on any atom is 0.322 e. The number of benzene rings is 1. The molecule has 3 N–H and O–H groups in total. The van der Waals surface area contributed by atoms with E-state index in [1.54, 1.807) is 45.0 Å². The molecule has 0 unspecified atom stereocenters. The molecule has 0 aliphatic carbocycles. The van der Waals surface area contributed by atoms with Crippen molar-refractivity contribution in [3.63, 3.8) is 0 Å². The summed E-state index contributed by atoms with van der Waals surface area (Å²) in [4.78, 5) is 36.1. The molecule has 1 amide bonds. The van der Waals surface area contributed by atoms with E-state index in [0.717, 1.165) is 0 Å². The summed E-state index contributed by atoms with van der Waals surface area (Å²) in [6.07, 6.45) is 0.584. The lowest BCUT2D eigenvalue weighted by Gasteiger charge is -2.21. The van der Waals surface area contributed by atoms with Gasteiger partial charge in [0.25, 0.3) is 5.91 Å². The highest BCUT2D eigenvalue weighted by Gasteiger charge is 2.48. The highest BCUT2D eigenvalue weighted by atomic mass is 35.5. The predicted octanol–water partition coefficient (Wildman–Crippen LogP) is 2.50. The maximum absolute atomic E-state index is 13.0. The molecule has 1 aliphatic heterocycles. The first-order valence-corrected chi connectivity index (χ1v) is 10.1. The highest BCUT2D eigenvalue weighted by molar-refractivity contribution is 8.01. The Bertz CT molecular complexity index is 961. The van der Waals surface area contributed by atoms with Gasteiger partial charge in [-0.15, -0.1) is 11.8 Å². The molecule has 1 fully saturated rings. The van der Waals surface area contributed by atoms with Gasteiger partial charge >= 0.3 is 5.97 Å². The van der Waals surface area contributed by atoms with E-state index in [9.17, 15) is 19.5 Å². The van der Waals surface area contributed by atoms with E-state index in [4.69, 9.17) is 16.1 Å². The Kier molecular flexibility index (Phi) is 6.02. The number of thioether (sulfide) groups is 1. The number of amides is 1. The smallest absolute Gasteiger partial charge is 0.322 e. The van der Waals surface area contributed by atoms with Crippen LogP contribution in [0.3, 0.4) is 0 Å². The van der Waals surface area contributed by atoms with Gasteiger partial charge in [-0.2, -0.15) is 0 Å². The average molecular weight is 438 g/mol. The van der Waals surface area contributed by atoms with Crippen LogP contribution < -0.4 is 10.6 Å². The maximum atomic E-state index is 13.0. The number of hydrogen-bond donors (Lipinski definition) is 3. The fraction of sp³-hybridized carbons (Fsp3) is 0.368. The van der Waals surface area contributed by atoms with Crippen molar-refractivity contribution in [2.75, 3.05) is 0 Å². The number of carbonyl (C=O) groups excluding carboxylic acids is 2. The molecule has 2 heterocycles. The zero-order valence-electron chi connectivity index (χ0n) is 15.9. The Labute approximate surface area is 176 Å². The number of carbonyl (C=O) groups is 3. The lowest BCUT2D eigenvalue weighted by molar-refractivity contribution is -0.140. The minimum Gasteiger partial charge on any atom is -0.480 e. The van der Waals surface area contributed by atoms with Gasteiger partial charge in [-0.1, -0.05) is 35.0 Å². The molecule has 3 rings (SSSR count). The minimum absolute atomic E-state index is 0.169. The van der Waals surface area contributed by atoms with Crippen LogP contribution in [-0.2, 0) is 9.59 Å². The van der Waals surface area contributed by atoms with E-state index >= 15 is 0 Å². The topological polar surface area (TPSA) is 122 Å². The van der Waals surface area contributed by atoms with E-state index in [2.05, 4.69) is 15.8 Å². The van der Waals surface area contributed by atoms with E-state index < -0.39 is 34.1 Å². The molecule has 0 saturated carbocycles. The molecule has 8 nitrogen and oxygen atoms in total. The zero-order chi connectivity index (χ0) is 21.3. The summed E-state index contributed by atoms with van der Waals surface area (Å²) in [5, 5.41) is 18.7. The lowest BCUT2D eigenvalue weighted by Crippen LogP contribution is -2.51. The number of aryl methyl sites for hydroxylation is 1. The fourth-order valence-electron chi connectivity index (χ4n) is 3.22. The van der Waals surface area contributed by atoms with Gasteiger partial charge in [0.05, 0.1) is 10.4 Å². The van der Waals surface area contributed by atoms with Gasteiger partial charge in [0, 0.05) is 10.3 Å². The van der Waals surface area contributed by atoms with Crippen molar-refractivity contribution < 1.29 is 24.0 Å². The van der Waals surface area contributed by atoms with Crippen molar-refractivity contribution in [3.8, 4) is 11.3 Å². The number of aliphatic carboxylic acids is 1. The summed E-state index contributed by atoms with van der Waals surface area (Å²) in [6.45, 7) is 5.13. The molecule has 154 valence electrons. The molecule has 10 heteroatoms. The summed E-state index contributed by atoms with van der Waals surface area (Å²) < 4.78 is 4.54. The van der Waals surface area contributed by atoms with E-state index in [1.807, 2.05) is 0 Å². The van der Waals surface area contributed by atoms with Crippen molar-refractivity contribution in [3.05, 3.63) is 40.6 Å². The monoisotopic (exact) mass is 437 g/mol. The molecule has 1 aromatic heterocycles. The molecule has 0 radical (unpaired) electrons. The number of nitrogens with one attached hydrogen (secondary N) is 2. The Morgan fingerprint density at radius 1 is 1.41 bits per heavy atom. The second-order valence-corrected chi connectivity index (χ2v) is 9.36. The van der Waals surface area contributed by atoms with Crippen LogP contribution in [-0.4, -0.2) is 50.6 Å². The third-order valence-corrected chi connectivity index (χ3v) is 6.55. The summed E-state index contributed by atoms with van der Waals surface area (Å²) in [5.74, 6) is -1.30. The van der Waals surface area contributed by atoms with Gasteiger partial charge in [0.15, 0.2) is 0 Å². The molecule has 0 bridgehead atoms. The van der Waals surface area contributed by atoms with Crippen molar-refractivity contribution in [1.29, 1.82) is 0 Å². The third-order valence-electron chi connectivity index (χ3n) is 4.69. The SMILES string of the molecule is Cc1onc(-c2ccccc2Cl)c1C(=O)N[C@@H](C=O)[C@@H]1N[C@@H](C(=O)O)C(C)(C)S1.